The molecule has 0 unspecified atom stereocenters. The zero-order chi connectivity index (χ0) is 25.5. The van der Waals surface area contributed by atoms with Gasteiger partial charge in [0.15, 0.2) is 0 Å². The van der Waals surface area contributed by atoms with Crippen LogP contribution in [0.15, 0.2) is 46.9 Å². The van der Waals surface area contributed by atoms with Crippen molar-refractivity contribution in [2.45, 2.75) is 46.2 Å². The minimum Gasteiger partial charge on any atom is -0.354 e. The summed E-state index contributed by atoms with van der Waals surface area (Å²) in [6.07, 6.45) is 2.74. The van der Waals surface area contributed by atoms with Gasteiger partial charge in [0, 0.05) is 17.6 Å². The molecule has 2 rings (SSSR count). The van der Waals surface area contributed by atoms with Gasteiger partial charge in [0.1, 0.15) is 18.4 Å². The van der Waals surface area contributed by atoms with Crippen LogP contribution in [0.5, 0.6) is 0 Å². The minimum atomic E-state index is -3.80. The first-order valence-electron chi connectivity index (χ1n) is 11.0. The van der Waals surface area contributed by atoms with E-state index in [0.29, 0.717) is 17.8 Å². The third-order valence-electron chi connectivity index (χ3n) is 5.37. The molecule has 2 aromatic carbocycles. The third-order valence-corrected chi connectivity index (χ3v) is 7.40. The molecule has 0 aliphatic carbocycles. The van der Waals surface area contributed by atoms with E-state index in [2.05, 4.69) is 21.2 Å². The summed E-state index contributed by atoms with van der Waals surface area (Å²) >= 11 is 3.39. The van der Waals surface area contributed by atoms with E-state index in [1.807, 2.05) is 13.8 Å². The molecule has 34 heavy (non-hydrogen) atoms. The van der Waals surface area contributed by atoms with Crippen molar-refractivity contribution in [3.8, 4) is 0 Å². The lowest BCUT2D eigenvalue weighted by atomic mass is 10.1. The molecule has 0 saturated carbocycles. The van der Waals surface area contributed by atoms with Crippen LogP contribution in [0.2, 0.25) is 0 Å². The average molecular weight is 556 g/mol. The number of halogens is 2. The van der Waals surface area contributed by atoms with Crippen molar-refractivity contribution in [2.24, 2.45) is 0 Å². The Bertz CT molecular complexity index is 1110. The Kier molecular flexibility index (Phi) is 10.1. The van der Waals surface area contributed by atoms with Crippen molar-refractivity contribution < 1.29 is 22.4 Å². The Morgan fingerprint density at radius 3 is 2.35 bits per heavy atom. The first kappa shape index (κ1) is 27.8. The molecular formula is C24H31BrFN3O4S. The van der Waals surface area contributed by atoms with Crippen LogP contribution in [0.4, 0.5) is 10.1 Å². The second-order valence-electron chi connectivity index (χ2n) is 8.17. The molecule has 0 heterocycles. The Labute approximate surface area is 209 Å². The number of unbranched alkanes of at least 4 members (excludes halogenated alkanes) is 1. The quantitative estimate of drug-likeness (QED) is 0.424. The molecule has 0 saturated heterocycles. The van der Waals surface area contributed by atoms with Crippen molar-refractivity contribution in [3.63, 3.8) is 0 Å². The van der Waals surface area contributed by atoms with Gasteiger partial charge in [-0.05, 0) is 61.7 Å². The zero-order valence-electron chi connectivity index (χ0n) is 19.8. The van der Waals surface area contributed by atoms with Gasteiger partial charge >= 0.3 is 0 Å². The summed E-state index contributed by atoms with van der Waals surface area (Å²) in [4.78, 5) is 27.5. The first-order valence-corrected chi connectivity index (χ1v) is 13.6. The number of rotatable bonds is 11. The molecule has 10 heteroatoms. The molecule has 2 amide bonds. The van der Waals surface area contributed by atoms with E-state index in [4.69, 9.17) is 0 Å². The minimum absolute atomic E-state index is 0.0262. The maximum absolute atomic E-state index is 13.4. The SMILES string of the molecule is CCCCNC(=O)[C@@H](C)N(Cc1ccc(F)cc1)C(=O)CN(c1ccc(Br)c(C)c1)S(C)(=O)=O. The first-order chi connectivity index (χ1) is 15.9. The van der Waals surface area contributed by atoms with Crippen LogP contribution in [0.1, 0.15) is 37.8 Å². The van der Waals surface area contributed by atoms with Gasteiger partial charge in [0.2, 0.25) is 21.8 Å². The van der Waals surface area contributed by atoms with E-state index < -0.39 is 34.3 Å². The highest BCUT2D eigenvalue weighted by Crippen LogP contribution is 2.25. The summed E-state index contributed by atoms with van der Waals surface area (Å²) in [6.45, 7) is 5.44. The molecule has 186 valence electrons. The Morgan fingerprint density at radius 2 is 1.79 bits per heavy atom. The number of hydrogen-bond donors (Lipinski definition) is 1. The Balaban J connectivity index is 2.35. The van der Waals surface area contributed by atoms with Gasteiger partial charge in [0.25, 0.3) is 0 Å². The molecule has 0 bridgehead atoms. The maximum atomic E-state index is 13.4. The fourth-order valence-corrected chi connectivity index (χ4v) is 4.39. The molecule has 0 radical (unpaired) electrons. The molecule has 7 nitrogen and oxygen atoms in total. The molecule has 0 aliphatic rings. The van der Waals surface area contributed by atoms with Gasteiger partial charge in [-0.25, -0.2) is 12.8 Å². The largest absolute Gasteiger partial charge is 0.354 e. The molecule has 0 aliphatic heterocycles. The van der Waals surface area contributed by atoms with E-state index in [9.17, 15) is 22.4 Å². The average Bonchev–Trinajstić information content (AvgIpc) is 2.77. The highest BCUT2D eigenvalue weighted by molar-refractivity contribution is 9.10. The van der Waals surface area contributed by atoms with Crippen molar-refractivity contribution in [1.82, 2.24) is 10.2 Å². The van der Waals surface area contributed by atoms with E-state index in [0.717, 1.165) is 33.4 Å². The van der Waals surface area contributed by atoms with Crippen LogP contribution >= 0.6 is 15.9 Å². The van der Waals surface area contributed by atoms with E-state index >= 15 is 0 Å². The fraction of sp³-hybridized carbons (Fsp3) is 0.417. The monoisotopic (exact) mass is 555 g/mol. The molecule has 0 spiro atoms. The number of nitrogens with zero attached hydrogens (tertiary/aromatic N) is 2. The summed E-state index contributed by atoms with van der Waals surface area (Å²) in [6, 6.07) is 9.75. The van der Waals surface area contributed by atoms with Crippen LogP contribution in [-0.4, -0.2) is 50.5 Å². The lowest BCUT2D eigenvalue weighted by Gasteiger charge is -2.31. The number of nitrogens with one attached hydrogen (secondary N) is 1. The van der Waals surface area contributed by atoms with Crippen molar-refractivity contribution in [2.75, 3.05) is 23.7 Å². The van der Waals surface area contributed by atoms with Gasteiger partial charge < -0.3 is 10.2 Å². The number of amides is 2. The number of aryl methyl sites for hydroxylation is 1. The van der Waals surface area contributed by atoms with Crippen LogP contribution in [0, 0.1) is 12.7 Å². The number of anilines is 1. The molecular weight excluding hydrogens is 525 g/mol. The van der Waals surface area contributed by atoms with Crippen LogP contribution in [0.3, 0.4) is 0 Å². The summed E-state index contributed by atoms with van der Waals surface area (Å²) < 4.78 is 40.4. The van der Waals surface area contributed by atoms with Gasteiger partial charge in [-0.1, -0.05) is 41.4 Å². The van der Waals surface area contributed by atoms with E-state index in [1.54, 1.807) is 25.1 Å². The third kappa shape index (κ3) is 7.80. The predicted molar refractivity (Wildman–Crippen MR) is 135 cm³/mol. The summed E-state index contributed by atoms with van der Waals surface area (Å²) in [5, 5.41) is 2.81. The summed E-state index contributed by atoms with van der Waals surface area (Å²) in [5.74, 6) is -1.30. The van der Waals surface area contributed by atoms with E-state index in [-0.39, 0.29) is 12.5 Å². The van der Waals surface area contributed by atoms with Gasteiger partial charge in [0.05, 0.1) is 11.9 Å². The zero-order valence-corrected chi connectivity index (χ0v) is 22.2. The van der Waals surface area contributed by atoms with Gasteiger partial charge in [-0.15, -0.1) is 0 Å². The Hall–Kier alpha value is -2.46. The number of carbonyl (C=O) groups excluding carboxylic acids is 2. The standard InChI is InChI=1S/C24H31BrFN3O4S/c1-5-6-13-27-24(31)18(3)28(15-19-7-9-20(26)10-8-19)23(30)16-29(34(4,32)33)21-11-12-22(25)17(2)14-21/h7-12,14,18H,5-6,13,15-16H2,1-4H3,(H,27,31)/t18-/m1/s1. The molecule has 1 atom stereocenters. The summed E-state index contributed by atoms with van der Waals surface area (Å²) in [7, 11) is -3.80. The predicted octanol–water partition coefficient (Wildman–Crippen LogP) is 4.00. The second kappa shape index (κ2) is 12.3. The number of carbonyl (C=O) groups is 2. The van der Waals surface area contributed by atoms with Gasteiger partial charge in [-0.3, -0.25) is 13.9 Å². The lowest BCUT2D eigenvalue weighted by Crippen LogP contribution is -2.51. The number of benzene rings is 2. The normalized spacial score (nSPS) is 12.2. The van der Waals surface area contributed by atoms with Crippen LogP contribution in [-0.2, 0) is 26.2 Å². The fourth-order valence-electron chi connectivity index (χ4n) is 3.30. The van der Waals surface area contributed by atoms with Crippen molar-refractivity contribution >= 4 is 43.5 Å². The van der Waals surface area contributed by atoms with Crippen LogP contribution < -0.4 is 9.62 Å². The summed E-state index contributed by atoms with van der Waals surface area (Å²) in [5.41, 5.74) is 1.78. The lowest BCUT2D eigenvalue weighted by molar-refractivity contribution is -0.139. The second-order valence-corrected chi connectivity index (χ2v) is 10.9. The molecule has 2 aromatic rings. The number of hydrogen-bond acceptors (Lipinski definition) is 4. The maximum Gasteiger partial charge on any atom is 0.244 e. The highest BCUT2D eigenvalue weighted by Gasteiger charge is 2.30. The topological polar surface area (TPSA) is 86.8 Å². The molecule has 1 N–H and O–H groups in total. The highest BCUT2D eigenvalue weighted by atomic mass is 79.9. The van der Waals surface area contributed by atoms with Gasteiger partial charge in [-0.2, -0.15) is 0 Å². The molecule has 0 aromatic heterocycles. The van der Waals surface area contributed by atoms with Crippen molar-refractivity contribution in [3.05, 3.63) is 63.9 Å². The van der Waals surface area contributed by atoms with E-state index in [1.165, 1.54) is 29.2 Å². The molecule has 0 fully saturated rings. The van der Waals surface area contributed by atoms with Crippen LogP contribution in [0.25, 0.3) is 0 Å². The smallest absolute Gasteiger partial charge is 0.244 e. The van der Waals surface area contributed by atoms with Crippen molar-refractivity contribution in [1.29, 1.82) is 0 Å². The number of sulfonamides is 1. The Morgan fingerprint density at radius 1 is 1.15 bits per heavy atom.